The molecular weight excluding hydrogens is 268 g/mol. The number of carboxylic acids is 1. The predicted octanol–water partition coefficient (Wildman–Crippen LogP) is 1.88. The van der Waals surface area contributed by atoms with Crippen molar-refractivity contribution in [1.82, 2.24) is 20.2 Å². The van der Waals surface area contributed by atoms with Gasteiger partial charge >= 0.3 is 5.97 Å². The average Bonchev–Trinajstić information content (AvgIpc) is 2.84. The van der Waals surface area contributed by atoms with Crippen LogP contribution >= 0.6 is 0 Å². The maximum absolute atomic E-state index is 11.2. The van der Waals surface area contributed by atoms with Gasteiger partial charge in [-0.1, -0.05) is 24.3 Å². The second kappa shape index (κ2) is 6.03. The van der Waals surface area contributed by atoms with Gasteiger partial charge in [-0.15, -0.1) is 5.10 Å². The fraction of sp³-hybridized carbons (Fsp3) is 0.467. The van der Waals surface area contributed by atoms with E-state index >= 15 is 0 Å². The summed E-state index contributed by atoms with van der Waals surface area (Å²) in [6.45, 7) is 5.68. The fourth-order valence-corrected chi connectivity index (χ4v) is 2.10. The molecule has 1 aromatic heterocycles. The zero-order chi connectivity index (χ0) is 15.5. The number of benzene rings is 1. The van der Waals surface area contributed by atoms with E-state index in [1.54, 1.807) is 18.5 Å². The molecule has 112 valence electrons. The van der Waals surface area contributed by atoms with Crippen molar-refractivity contribution in [2.75, 3.05) is 0 Å². The topological polar surface area (TPSA) is 80.9 Å². The second-order valence-corrected chi connectivity index (χ2v) is 5.87. The molecule has 1 N–H and O–H groups in total. The van der Waals surface area contributed by atoms with Crippen LogP contribution in [0.1, 0.15) is 30.8 Å². The molecule has 0 amide bonds. The Balaban J connectivity index is 2.08. The first kappa shape index (κ1) is 15.2. The molecule has 0 fully saturated rings. The van der Waals surface area contributed by atoms with Crippen LogP contribution in [-0.2, 0) is 24.2 Å². The van der Waals surface area contributed by atoms with E-state index < -0.39 is 11.4 Å². The molecule has 6 nitrogen and oxygen atoms in total. The van der Waals surface area contributed by atoms with Crippen molar-refractivity contribution >= 4 is 5.97 Å². The molecule has 1 aromatic carbocycles. The van der Waals surface area contributed by atoms with Gasteiger partial charge < -0.3 is 5.11 Å². The van der Waals surface area contributed by atoms with Gasteiger partial charge in [0, 0.05) is 6.42 Å². The molecule has 0 spiro atoms. The monoisotopic (exact) mass is 288 g/mol. The summed E-state index contributed by atoms with van der Waals surface area (Å²) in [7, 11) is 0. The Morgan fingerprint density at radius 1 is 1.29 bits per heavy atom. The van der Waals surface area contributed by atoms with Crippen LogP contribution in [0.2, 0.25) is 0 Å². The first-order chi connectivity index (χ1) is 9.90. The molecular formula is C15H20N4O2. The van der Waals surface area contributed by atoms with Crippen molar-refractivity contribution < 1.29 is 9.90 Å². The fourth-order valence-electron chi connectivity index (χ4n) is 2.10. The molecule has 0 bridgehead atoms. The van der Waals surface area contributed by atoms with Gasteiger partial charge in [-0.2, -0.15) is 0 Å². The lowest BCUT2D eigenvalue weighted by Crippen LogP contribution is -2.30. The van der Waals surface area contributed by atoms with E-state index in [9.17, 15) is 9.90 Å². The molecule has 6 heteroatoms. The van der Waals surface area contributed by atoms with Crippen LogP contribution in [0.3, 0.4) is 0 Å². The van der Waals surface area contributed by atoms with Crippen molar-refractivity contribution in [2.45, 2.75) is 40.2 Å². The molecule has 2 aromatic rings. The van der Waals surface area contributed by atoms with Crippen LogP contribution < -0.4 is 0 Å². The molecule has 0 aliphatic rings. The third kappa shape index (κ3) is 3.65. The summed E-state index contributed by atoms with van der Waals surface area (Å²) in [5.41, 5.74) is 1.60. The summed E-state index contributed by atoms with van der Waals surface area (Å²) in [5, 5.41) is 20.8. The number of aromatic nitrogens is 4. The Bertz CT molecular complexity index is 634. The van der Waals surface area contributed by atoms with E-state index in [1.165, 1.54) is 11.1 Å². The predicted molar refractivity (Wildman–Crippen MR) is 77.8 cm³/mol. The summed E-state index contributed by atoms with van der Waals surface area (Å²) in [6.07, 6.45) is 1.52. The number of carbonyl (C=O) groups is 1. The summed E-state index contributed by atoms with van der Waals surface area (Å²) in [6, 6.07) is 8.19. The van der Waals surface area contributed by atoms with Crippen LogP contribution in [-0.4, -0.2) is 31.3 Å². The lowest BCUT2D eigenvalue weighted by atomic mass is 9.94. The van der Waals surface area contributed by atoms with Gasteiger partial charge in [-0.05, 0) is 48.7 Å². The van der Waals surface area contributed by atoms with Crippen molar-refractivity contribution in [1.29, 1.82) is 0 Å². The number of carboxylic acid groups (broad SMARTS) is 1. The standard InChI is InChI=1S/C15H20N4O2/c1-11-6-4-5-7-12(11)8-9-13-16-17-18-19(13)10-15(2,3)14(20)21/h4-7H,8-10H2,1-3H3,(H,20,21). The molecule has 2 rings (SSSR count). The van der Waals surface area contributed by atoms with Gasteiger partial charge in [0.15, 0.2) is 5.82 Å². The first-order valence-corrected chi connectivity index (χ1v) is 6.93. The number of aliphatic carboxylic acids is 1. The highest BCUT2D eigenvalue weighted by Gasteiger charge is 2.29. The zero-order valence-corrected chi connectivity index (χ0v) is 12.6. The molecule has 0 aliphatic heterocycles. The number of nitrogens with zero attached hydrogens (tertiary/aromatic N) is 4. The van der Waals surface area contributed by atoms with E-state index in [0.717, 1.165) is 6.42 Å². The molecule has 21 heavy (non-hydrogen) atoms. The van der Waals surface area contributed by atoms with Crippen LogP contribution in [0.25, 0.3) is 0 Å². The Kier molecular flexibility index (Phi) is 4.35. The Morgan fingerprint density at radius 3 is 2.67 bits per heavy atom. The number of hydrogen-bond donors (Lipinski definition) is 1. The maximum atomic E-state index is 11.2. The molecule has 0 aliphatic carbocycles. The maximum Gasteiger partial charge on any atom is 0.310 e. The van der Waals surface area contributed by atoms with Gasteiger partial charge in [0.1, 0.15) is 0 Å². The lowest BCUT2D eigenvalue weighted by Gasteiger charge is -2.19. The van der Waals surface area contributed by atoms with Crippen molar-refractivity contribution in [3.8, 4) is 0 Å². The smallest absolute Gasteiger partial charge is 0.310 e. The molecule has 0 unspecified atom stereocenters. The normalized spacial score (nSPS) is 11.6. The van der Waals surface area contributed by atoms with Crippen molar-refractivity contribution in [3.63, 3.8) is 0 Å². The summed E-state index contributed by atoms with van der Waals surface area (Å²) in [5.74, 6) is -0.143. The van der Waals surface area contributed by atoms with Gasteiger partial charge in [-0.25, -0.2) is 4.68 Å². The number of hydrogen-bond acceptors (Lipinski definition) is 4. The van der Waals surface area contributed by atoms with Gasteiger partial charge in [0.2, 0.25) is 0 Å². The third-order valence-electron chi connectivity index (χ3n) is 3.61. The van der Waals surface area contributed by atoms with E-state index in [2.05, 4.69) is 34.6 Å². The quantitative estimate of drug-likeness (QED) is 0.877. The molecule has 0 radical (unpaired) electrons. The molecule has 0 saturated heterocycles. The highest BCUT2D eigenvalue weighted by atomic mass is 16.4. The molecule has 0 saturated carbocycles. The van der Waals surface area contributed by atoms with Gasteiger partial charge in [-0.3, -0.25) is 4.79 Å². The van der Waals surface area contributed by atoms with Crippen LogP contribution in [0.15, 0.2) is 24.3 Å². The largest absolute Gasteiger partial charge is 0.481 e. The van der Waals surface area contributed by atoms with E-state index in [4.69, 9.17) is 0 Å². The Morgan fingerprint density at radius 2 is 2.00 bits per heavy atom. The number of rotatable bonds is 6. The van der Waals surface area contributed by atoms with Crippen molar-refractivity contribution in [2.24, 2.45) is 5.41 Å². The van der Waals surface area contributed by atoms with E-state index in [0.29, 0.717) is 12.2 Å². The number of tetrazole rings is 1. The summed E-state index contributed by atoms with van der Waals surface area (Å²) >= 11 is 0. The SMILES string of the molecule is Cc1ccccc1CCc1nnnn1CC(C)(C)C(=O)O. The molecule has 0 atom stereocenters. The number of aryl methyl sites for hydroxylation is 3. The van der Waals surface area contributed by atoms with Crippen LogP contribution in [0.5, 0.6) is 0 Å². The Labute approximate surface area is 123 Å². The summed E-state index contributed by atoms with van der Waals surface area (Å²) in [4.78, 5) is 11.2. The first-order valence-electron chi connectivity index (χ1n) is 6.93. The van der Waals surface area contributed by atoms with Gasteiger partial charge in [0.25, 0.3) is 0 Å². The minimum Gasteiger partial charge on any atom is -0.481 e. The van der Waals surface area contributed by atoms with E-state index in [-0.39, 0.29) is 6.54 Å². The van der Waals surface area contributed by atoms with Crippen LogP contribution in [0.4, 0.5) is 0 Å². The van der Waals surface area contributed by atoms with Crippen molar-refractivity contribution in [3.05, 3.63) is 41.2 Å². The lowest BCUT2D eigenvalue weighted by molar-refractivity contribution is -0.147. The highest BCUT2D eigenvalue weighted by molar-refractivity contribution is 5.73. The molecule has 1 heterocycles. The minimum atomic E-state index is -0.896. The average molecular weight is 288 g/mol. The van der Waals surface area contributed by atoms with Gasteiger partial charge in [0.05, 0.1) is 12.0 Å². The second-order valence-electron chi connectivity index (χ2n) is 5.87. The minimum absolute atomic E-state index is 0.262. The third-order valence-corrected chi connectivity index (χ3v) is 3.61. The summed E-state index contributed by atoms with van der Waals surface area (Å²) < 4.78 is 1.59. The Hall–Kier alpha value is -2.24. The van der Waals surface area contributed by atoms with Crippen LogP contribution in [0, 0.1) is 12.3 Å². The highest BCUT2D eigenvalue weighted by Crippen LogP contribution is 2.18. The van der Waals surface area contributed by atoms with E-state index in [1.807, 2.05) is 12.1 Å². The zero-order valence-electron chi connectivity index (χ0n) is 12.6.